The van der Waals surface area contributed by atoms with Gasteiger partial charge in [-0.05, 0) is 33.6 Å². The van der Waals surface area contributed by atoms with E-state index in [9.17, 15) is 9.90 Å². The lowest BCUT2D eigenvalue weighted by atomic mass is 10.1. The zero-order valence-electron chi connectivity index (χ0n) is 10.7. The molecule has 1 heterocycles. The third-order valence-corrected chi connectivity index (χ3v) is 4.47. The summed E-state index contributed by atoms with van der Waals surface area (Å²) in [5.74, 6) is -0.968. The van der Waals surface area contributed by atoms with Crippen molar-refractivity contribution in [3.8, 4) is 0 Å². The number of aromatic nitrogens is 2. The van der Waals surface area contributed by atoms with Crippen molar-refractivity contribution in [2.45, 2.75) is 6.04 Å². The van der Waals surface area contributed by atoms with Crippen LogP contribution in [0.2, 0.25) is 5.02 Å². The third-order valence-electron chi connectivity index (χ3n) is 3.20. The summed E-state index contributed by atoms with van der Waals surface area (Å²) in [5.41, 5.74) is 1.24. The highest BCUT2D eigenvalue weighted by molar-refractivity contribution is 9.10. The van der Waals surface area contributed by atoms with E-state index in [4.69, 9.17) is 11.6 Å². The van der Waals surface area contributed by atoms with E-state index in [-0.39, 0.29) is 0 Å². The predicted molar refractivity (Wildman–Crippen MR) is 84.7 cm³/mol. The minimum Gasteiger partial charge on any atom is -0.479 e. The molecule has 106 valence electrons. The summed E-state index contributed by atoms with van der Waals surface area (Å²) in [5, 5.41) is 15.1. The Hall–Kier alpha value is -1.85. The zero-order chi connectivity index (χ0) is 15.0. The summed E-state index contributed by atoms with van der Waals surface area (Å²) < 4.78 is 2.16. The van der Waals surface area contributed by atoms with Crippen LogP contribution >= 0.6 is 27.5 Å². The van der Waals surface area contributed by atoms with Crippen LogP contribution in [0.1, 0.15) is 11.6 Å². The number of nitrogens with zero attached hydrogens (tertiary/aromatic N) is 2. The maximum absolute atomic E-state index is 11.6. The van der Waals surface area contributed by atoms with Crippen LogP contribution < -0.4 is 0 Å². The minimum absolute atomic E-state index is 0.475. The minimum atomic E-state index is -0.968. The first kappa shape index (κ1) is 14.1. The van der Waals surface area contributed by atoms with E-state index in [0.717, 1.165) is 9.86 Å². The lowest BCUT2D eigenvalue weighted by Crippen LogP contribution is -2.20. The highest BCUT2D eigenvalue weighted by Crippen LogP contribution is 2.31. The summed E-state index contributed by atoms with van der Waals surface area (Å²) in [4.78, 5) is 11.6. The second kappa shape index (κ2) is 5.50. The molecule has 0 spiro atoms. The van der Waals surface area contributed by atoms with Crippen molar-refractivity contribution < 1.29 is 9.90 Å². The van der Waals surface area contributed by atoms with E-state index in [1.54, 1.807) is 30.5 Å². The molecule has 0 aliphatic rings. The normalized spacial score (nSPS) is 12.5. The van der Waals surface area contributed by atoms with Gasteiger partial charge >= 0.3 is 5.97 Å². The van der Waals surface area contributed by atoms with E-state index < -0.39 is 12.0 Å². The average molecular weight is 366 g/mol. The molecule has 1 N–H and O–H groups in total. The Morgan fingerprint density at radius 2 is 1.95 bits per heavy atom. The van der Waals surface area contributed by atoms with Crippen LogP contribution in [0.25, 0.3) is 10.9 Å². The van der Waals surface area contributed by atoms with Gasteiger partial charge in [0.15, 0.2) is 6.04 Å². The number of hydrogen-bond acceptors (Lipinski definition) is 2. The molecule has 4 nitrogen and oxygen atoms in total. The van der Waals surface area contributed by atoms with Gasteiger partial charge in [-0.3, -0.25) is 4.68 Å². The third kappa shape index (κ3) is 2.54. The number of rotatable bonds is 3. The molecular formula is C15H10BrClN2O2. The van der Waals surface area contributed by atoms with Gasteiger partial charge in [0.05, 0.1) is 5.02 Å². The van der Waals surface area contributed by atoms with Crippen LogP contribution in [0, 0.1) is 0 Å². The number of benzene rings is 2. The number of halogens is 2. The number of fused-ring (bicyclic) bond motifs is 1. The Labute approximate surface area is 134 Å². The second-order valence-corrected chi connectivity index (χ2v) is 5.79. The van der Waals surface area contributed by atoms with Crippen molar-refractivity contribution in [2.75, 3.05) is 0 Å². The topological polar surface area (TPSA) is 55.1 Å². The molecule has 21 heavy (non-hydrogen) atoms. The van der Waals surface area contributed by atoms with Crippen LogP contribution in [-0.4, -0.2) is 20.9 Å². The van der Waals surface area contributed by atoms with Crippen LogP contribution in [0.3, 0.4) is 0 Å². The summed E-state index contributed by atoms with van der Waals surface area (Å²) in [6.07, 6.45) is 1.69. The van der Waals surface area contributed by atoms with E-state index in [2.05, 4.69) is 21.0 Å². The van der Waals surface area contributed by atoms with E-state index >= 15 is 0 Å². The number of aliphatic carboxylic acids is 1. The first-order valence-corrected chi connectivity index (χ1v) is 7.35. The van der Waals surface area contributed by atoms with Crippen LogP contribution in [0.5, 0.6) is 0 Å². The first-order chi connectivity index (χ1) is 10.1. The highest BCUT2D eigenvalue weighted by atomic mass is 79.9. The summed E-state index contributed by atoms with van der Waals surface area (Å²) in [6, 6.07) is 11.8. The van der Waals surface area contributed by atoms with E-state index in [1.165, 1.54) is 4.68 Å². The number of carboxylic acids is 1. The molecule has 0 bridgehead atoms. The zero-order valence-corrected chi connectivity index (χ0v) is 13.0. The molecule has 0 aliphatic heterocycles. The Morgan fingerprint density at radius 3 is 2.62 bits per heavy atom. The van der Waals surface area contributed by atoms with Crippen LogP contribution in [0.4, 0.5) is 0 Å². The number of carbonyl (C=O) groups is 1. The quantitative estimate of drug-likeness (QED) is 0.759. The van der Waals surface area contributed by atoms with Crippen molar-refractivity contribution in [2.24, 2.45) is 0 Å². The molecule has 0 saturated heterocycles. The highest BCUT2D eigenvalue weighted by Gasteiger charge is 2.23. The Morgan fingerprint density at radius 1 is 1.24 bits per heavy atom. The molecule has 3 aromatic rings. The van der Waals surface area contributed by atoms with Gasteiger partial charge in [0.1, 0.15) is 5.52 Å². The SMILES string of the molecule is O=C(O)C(c1ccccc1)n1cc2ccc(Br)c(Cl)c2n1. The van der Waals surface area contributed by atoms with Crippen molar-refractivity contribution in [3.05, 3.63) is 63.7 Å². The number of hydrogen-bond donors (Lipinski definition) is 1. The Balaban J connectivity index is 2.17. The molecule has 2 aromatic carbocycles. The Kier molecular flexibility index (Phi) is 3.69. The van der Waals surface area contributed by atoms with Gasteiger partial charge in [-0.25, -0.2) is 4.79 Å². The molecule has 3 rings (SSSR count). The molecule has 0 saturated carbocycles. The monoisotopic (exact) mass is 364 g/mol. The molecular weight excluding hydrogens is 356 g/mol. The molecule has 1 unspecified atom stereocenters. The van der Waals surface area contributed by atoms with Gasteiger partial charge in [-0.1, -0.05) is 41.9 Å². The van der Waals surface area contributed by atoms with E-state index in [0.29, 0.717) is 16.1 Å². The van der Waals surface area contributed by atoms with E-state index in [1.807, 2.05) is 18.2 Å². The molecule has 0 fully saturated rings. The molecule has 0 amide bonds. The smallest absolute Gasteiger partial charge is 0.333 e. The summed E-state index contributed by atoms with van der Waals surface area (Å²) in [7, 11) is 0. The standard InChI is InChI=1S/C15H10BrClN2O2/c16-11-7-6-10-8-19(18-13(10)12(11)17)14(15(20)21)9-4-2-1-3-5-9/h1-8,14H,(H,20,21). The molecule has 0 aliphatic carbocycles. The lowest BCUT2D eigenvalue weighted by molar-refractivity contribution is -0.139. The van der Waals surface area contributed by atoms with Crippen molar-refractivity contribution in [3.63, 3.8) is 0 Å². The fourth-order valence-corrected chi connectivity index (χ4v) is 2.75. The fourth-order valence-electron chi connectivity index (χ4n) is 2.22. The van der Waals surface area contributed by atoms with Crippen molar-refractivity contribution in [1.82, 2.24) is 9.78 Å². The molecule has 6 heteroatoms. The molecule has 1 aromatic heterocycles. The second-order valence-electron chi connectivity index (χ2n) is 4.56. The van der Waals surface area contributed by atoms with Gasteiger partial charge in [-0.2, -0.15) is 5.10 Å². The maximum atomic E-state index is 11.6. The van der Waals surface area contributed by atoms with Gasteiger partial charge in [0.2, 0.25) is 0 Å². The largest absolute Gasteiger partial charge is 0.479 e. The van der Waals surface area contributed by atoms with Crippen LogP contribution in [-0.2, 0) is 4.79 Å². The number of carboxylic acid groups (broad SMARTS) is 1. The summed E-state index contributed by atoms with van der Waals surface area (Å²) in [6.45, 7) is 0. The van der Waals surface area contributed by atoms with Gasteiger partial charge < -0.3 is 5.11 Å². The average Bonchev–Trinajstić information content (AvgIpc) is 2.88. The van der Waals surface area contributed by atoms with Gasteiger partial charge in [-0.15, -0.1) is 0 Å². The van der Waals surface area contributed by atoms with Gasteiger partial charge in [0, 0.05) is 16.1 Å². The lowest BCUT2D eigenvalue weighted by Gasteiger charge is -2.12. The van der Waals surface area contributed by atoms with Crippen LogP contribution in [0.15, 0.2) is 53.1 Å². The summed E-state index contributed by atoms with van der Waals surface area (Å²) >= 11 is 9.54. The molecule has 0 radical (unpaired) electrons. The van der Waals surface area contributed by atoms with Crippen molar-refractivity contribution in [1.29, 1.82) is 0 Å². The fraction of sp³-hybridized carbons (Fsp3) is 0.0667. The maximum Gasteiger partial charge on any atom is 0.333 e. The molecule has 1 atom stereocenters. The first-order valence-electron chi connectivity index (χ1n) is 6.18. The Bertz CT molecular complexity index is 817. The van der Waals surface area contributed by atoms with Gasteiger partial charge in [0.25, 0.3) is 0 Å². The predicted octanol–water partition coefficient (Wildman–Crippen LogP) is 4.13. The van der Waals surface area contributed by atoms with Crippen molar-refractivity contribution >= 4 is 44.4 Å².